The van der Waals surface area contributed by atoms with Crippen molar-refractivity contribution in [3.05, 3.63) is 23.5 Å². The van der Waals surface area contributed by atoms with Crippen molar-refractivity contribution < 1.29 is 4.74 Å². The Hall–Kier alpha value is -1.09. The molecule has 1 aromatic rings. The number of aryl methyl sites for hydroxylation is 1. The van der Waals surface area contributed by atoms with Gasteiger partial charge in [0.1, 0.15) is 5.75 Å². The third-order valence-electron chi connectivity index (χ3n) is 2.86. The van der Waals surface area contributed by atoms with E-state index in [4.69, 9.17) is 4.74 Å². The molecule has 0 aromatic carbocycles. The van der Waals surface area contributed by atoms with Gasteiger partial charge in [0.05, 0.1) is 12.3 Å². The maximum absolute atomic E-state index is 5.86. The van der Waals surface area contributed by atoms with Gasteiger partial charge in [-0.15, -0.1) is 0 Å². The van der Waals surface area contributed by atoms with E-state index in [2.05, 4.69) is 38.0 Å². The first-order valence-electron chi connectivity index (χ1n) is 7.26. The van der Waals surface area contributed by atoms with E-state index in [9.17, 15) is 0 Å². The molecule has 0 aliphatic carbocycles. The van der Waals surface area contributed by atoms with E-state index in [0.717, 1.165) is 36.7 Å². The molecule has 0 saturated carbocycles. The van der Waals surface area contributed by atoms with Gasteiger partial charge in [0.2, 0.25) is 0 Å². The zero-order valence-corrected chi connectivity index (χ0v) is 13.0. The van der Waals surface area contributed by atoms with Crippen LogP contribution in [-0.4, -0.2) is 17.1 Å². The lowest BCUT2D eigenvalue weighted by Crippen LogP contribution is -2.35. The number of nitrogens with one attached hydrogen (secondary N) is 1. The first-order valence-corrected chi connectivity index (χ1v) is 7.26. The van der Waals surface area contributed by atoms with Gasteiger partial charge in [-0.3, -0.25) is 4.98 Å². The molecule has 1 aromatic heterocycles. The molecule has 0 bridgehead atoms. The summed E-state index contributed by atoms with van der Waals surface area (Å²) in [5.74, 6) is 0.915. The zero-order chi connectivity index (χ0) is 14.3. The lowest BCUT2D eigenvalue weighted by atomic mass is 10.1. The molecule has 3 heteroatoms. The normalized spacial score (nSPS) is 11.6. The van der Waals surface area contributed by atoms with E-state index < -0.39 is 0 Å². The molecular formula is C16H28N2O. The molecule has 0 saturated heterocycles. The predicted molar refractivity (Wildman–Crippen MR) is 80.6 cm³/mol. The van der Waals surface area contributed by atoms with Crippen LogP contribution < -0.4 is 10.1 Å². The Morgan fingerprint density at radius 3 is 2.58 bits per heavy atom. The Balaban J connectivity index is 2.63. The summed E-state index contributed by atoms with van der Waals surface area (Å²) in [6.45, 7) is 12.2. The van der Waals surface area contributed by atoms with Gasteiger partial charge >= 0.3 is 0 Å². The van der Waals surface area contributed by atoms with Gasteiger partial charge < -0.3 is 10.1 Å². The minimum Gasteiger partial charge on any atom is -0.492 e. The van der Waals surface area contributed by atoms with Crippen molar-refractivity contribution in [2.75, 3.05) is 6.61 Å². The summed E-state index contributed by atoms with van der Waals surface area (Å²) in [5.41, 5.74) is 2.13. The minimum atomic E-state index is 0.0882. The number of hydrogen-bond acceptors (Lipinski definition) is 3. The highest BCUT2D eigenvalue weighted by atomic mass is 16.5. The SMILES string of the molecule is CCCCCOc1ccc(C)nc1CNC(C)(C)C. The second kappa shape index (κ2) is 7.49. The molecule has 0 aliphatic heterocycles. The maximum Gasteiger partial charge on any atom is 0.142 e. The Kier molecular flexibility index (Phi) is 6.29. The average Bonchev–Trinajstić information content (AvgIpc) is 2.33. The first-order chi connectivity index (χ1) is 8.92. The number of rotatable bonds is 7. The van der Waals surface area contributed by atoms with E-state index in [1.54, 1.807) is 0 Å². The second-order valence-corrected chi connectivity index (χ2v) is 6.06. The number of pyridine rings is 1. The highest BCUT2D eigenvalue weighted by Crippen LogP contribution is 2.18. The van der Waals surface area contributed by atoms with Crippen LogP contribution in [0.1, 0.15) is 58.3 Å². The Labute approximate surface area is 117 Å². The Morgan fingerprint density at radius 2 is 1.95 bits per heavy atom. The van der Waals surface area contributed by atoms with Crippen molar-refractivity contribution in [1.82, 2.24) is 10.3 Å². The fraction of sp³-hybridized carbons (Fsp3) is 0.688. The third-order valence-corrected chi connectivity index (χ3v) is 2.86. The predicted octanol–water partition coefficient (Wildman–Crippen LogP) is 3.85. The summed E-state index contributed by atoms with van der Waals surface area (Å²) in [7, 11) is 0. The lowest BCUT2D eigenvalue weighted by Gasteiger charge is -2.21. The zero-order valence-electron chi connectivity index (χ0n) is 13.0. The number of nitrogens with zero attached hydrogens (tertiary/aromatic N) is 1. The van der Waals surface area contributed by atoms with Crippen molar-refractivity contribution in [2.45, 2.75) is 66.0 Å². The monoisotopic (exact) mass is 264 g/mol. The van der Waals surface area contributed by atoms with Gasteiger partial charge in [0, 0.05) is 17.8 Å². The summed E-state index contributed by atoms with van der Waals surface area (Å²) < 4.78 is 5.86. The molecular weight excluding hydrogens is 236 g/mol. The molecule has 0 aliphatic rings. The molecule has 0 spiro atoms. The summed E-state index contributed by atoms with van der Waals surface area (Å²) in [5, 5.41) is 3.46. The van der Waals surface area contributed by atoms with Crippen LogP contribution in [0.5, 0.6) is 5.75 Å². The molecule has 19 heavy (non-hydrogen) atoms. The number of unbranched alkanes of at least 4 members (excludes halogenated alkanes) is 2. The van der Waals surface area contributed by atoms with E-state index in [1.807, 2.05) is 19.1 Å². The molecule has 108 valence electrons. The van der Waals surface area contributed by atoms with Crippen LogP contribution in [0.3, 0.4) is 0 Å². The Morgan fingerprint density at radius 1 is 1.21 bits per heavy atom. The molecule has 0 fully saturated rings. The van der Waals surface area contributed by atoms with E-state index in [-0.39, 0.29) is 5.54 Å². The summed E-state index contributed by atoms with van der Waals surface area (Å²) >= 11 is 0. The van der Waals surface area contributed by atoms with Gasteiger partial charge in [-0.25, -0.2) is 0 Å². The lowest BCUT2D eigenvalue weighted by molar-refractivity contribution is 0.298. The van der Waals surface area contributed by atoms with Crippen molar-refractivity contribution >= 4 is 0 Å². The van der Waals surface area contributed by atoms with Crippen LogP contribution in [0.15, 0.2) is 12.1 Å². The highest BCUT2D eigenvalue weighted by Gasteiger charge is 2.12. The Bertz CT molecular complexity index is 383. The van der Waals surface area contributed by atoms with Gasteiger partial charge in [-0.05, 0) is 46.2 Å². The topological polar surface area (TPSA) is 34.1 Å². The molecule has 1 heterocycles. The van der Waals surface area contributed by atoms with Crippen LogP contribution in [0, 0.1) is 6.92 Å². The van der Waals surface area contributed by atoms with Crippen LogP contribution in [-0.2, 0) is 6.54 Å². The number of aromatic nitrogens is 1. The molecule has 0 radical (unpaired) electrons. The third kappa shape index (κ3) is 6.58. The molecule has 1 rings (SSSR count). The van der Waals surface area contributed by atoms with Crippen LogP contribution in [0.25, 0.3) is 0 Å². The molecule has 1 N–H and O–H groups in total. The van der Waals surface area contributed by atoms with Gasteiger partial charge in [-0.2, -0.15) is 0 Å². The minimum absolute atomic E-state index is 0.0882. The molecule has 3 nitrogen and oxygen atoms in total. The van der Waals surface area contributed by atoms with Gasteiger partial charge in [0.15, 0.2) is 0 Å². The van der Waals surface area contributed by atoms with Crippen molar-refractivity contribution in [3.8, 4) is 5.75 Å². The largest absolute Gasteiger partial charge is 0.492 e. The van der Waals surface area contributed by atoms with Gasteiger partial charge in [0.25, 0.3) is 0 Å². The van der Waals surface area contributed by atoms with Crippen LogP contribution >= 0.6 is 0 Å². The standard InChI is InChI=1S/C16H28N2O/c1-6-7-8-11-19-15-10-9-13(2)18-14(15)12-17-16(3,4)5/h9-10,17H,6-8,11-12H2,1-5H3. The summed E-state index contributed by atoms with van der Waals surface area (Å²) in [6.07, 6.45) is 3.54. The van der Waals surface area contributed by atoms with E-state index >= 15 is 0 Å². The highest BCUT2D eigenvalue weighted by molar-refractivity contribution is 5.29. The fourth-order valence-electron chi connectivity index (χ4n) is 1.74. The molecule has 0 unspecified atom stereocenters. The van der Waals surface area contributed by atoms with Crippen molar-refractivity contribution in [1.29, 1.82) is 0 Å². The summed E-state index contributed by atoms with van der Waals surface area (Å²) in [4.78, 5) is 4.59. The maximum atomic E-state index is 5.86. The van der Waals surface area contributed by atoms with Crippen molar-refractivity contribution in [2.24, 2.45) is 0 Å². The smallest absolute Gasteiger partial charge is 0.142 e. The van der Waals surface area contributed by atoms with E-state index in [0.29, 0.717) is 0 Å². The van der Waals surface area contributed by atoms with Crippen molar-refractivity contribution in [3.63, 3.8) is 0 Å². The van der Waals surface area contributed by atoms with Gasteiger partial charge in [-0.1, -0.05) is 19.8 Å². The summed E-state index contributed by atoms with van der Waals surface area (Å²) in [6, 6.07) is 4.05. The average molecular weight is 264 g/mol. The second-order valence-electron chi connectivity index (χ2n) is 6.06. The first kappa shape index (κ1) is 16.0. The van der Waals surface area contributed by atoms with E-state index in [1.165, 1.54) is 12.8 Å². The quantitative estimate of drug-likeness (QED) is 0.760. The number of hydrogen-bond donors (Lipinski definition) is 1. The van der Waals surface area contributed by atoms with Crippen LogP contribution in [0.4, 0.5) is 0 Å². The van der Waals surface area contributed by atoms with Crippen LogP contribution in [0.2, 0.25) is 0 Å². The molecule has 0 amide bonds. The molecule has 0 atom stereocenters. The number of ether oxygens (including phenoxy) is 1. The fourth-order valence-corrected chi connectivity index (χ4v) is 1.74.